The Morgan fingerprint density at radius 1 is 0.960 bits per heavy atom. The van der Waals surface area contributed by atoms with Crippen LogP contribution in [0.3, 0.4) is 0 Å². The molecule has 0 aromatic heterocycles. The zero-order valence-corrected chi connectivity index (χ0v) is 14.9. The van der Waals surface area contributed by atoms with Gasteiger partial charge in [-0.1, -0.05) is 30.3 Å². The predicted molar refractivity (Wildman–Crippen MR) is 103 cm³/mol. The van der Waals surface area contributed by atoms with E-state index in [2.05, 4.69) is 52.7 Å². The minimum absolute atomic E-state index is 0.558. The molecule has 1 N–H and O–H groups in total. The number of piperidine rings is 1. The fraction of sp³-hybridized carbons (Fsp3) is 0.455. The highest BCUT2D eigenvalue weighted by Crippen LogP contribution is 2.26. The van der Waals surface area contributed by atoms with Gasteiger partial charge in [-0.2, -0.15) is 0 Å². The second-order valence-electron chi connectivity index (χ2n) is 7.33. The number of fused-ring (bicyclic) bond motifs is 1. The van der Waals surface area contributed by atoms with Crippen molar-refractivity contribution in [3.63, 3.8) is 0 Å². The van der Waals surface area contributed by atoms with Crippen molar-refractivity contribution >= 4 is 5.69 Å². The molecule has 0 radical (unpaired) electrons. The molecule has 1 unspecified atom stereocenters. The van der Waals surface area contributed by atoms with Gasteiger partial charge in [0, 0.05) is 37.8 Å². The van der Waals surface area contributed by atoms with Crippen molar-refractivity contribution in [1.82, 2.24) is 5.32 Å². The van der Waals surface area contributed by atoms with Crippen molar-refractivity contribution < 1.29 is 4.74 Å². The summed E-state index contributed by atoms with van der Waals surface area (Å²) in [6.07, 6.45) is 5.15. The van der Waals surface area contributed by atoms with Crippen molar-refractivity contribution in [2.75, 3.05) is 31.1 Å². The molecular weight excluding hydrogens is 308 g/mol. The van der Waals surface area contributed by atoms with Gasteiger partial charge in [0.05, 0.1) is 6.61 Å². The molecule has 2 aromatic rings. The summed E-state index contributed by atoms with van der Waals surface area (Å²) in [6, 6.07) is 17.5. The fourth-order valence-electron chi connectivity index (χ4n) is 3.92. The van der Waals surface area contributed by atoms with Crippen LogP contribution in [0.1, 0.15) is 30.4 Å². The van der Waals surface area contributed by atoms with Crippen molar-refractivity contribution in [3.05, 3.63) is 59.7 Å². The van der Waals surface area contributed by atoms with E-state index in [1.165, 1.54) is 49.2 Å². The molecule has 4 rings (SSSR count). The van der Waals surface area contributed by atoms with Crippen molar-refractivity contribution in [1.29, 1.82) is 0 Å². The SMILES string of the molecule is c1ccc2c(c1)CC(CNCc1ccc(N3CCCCC3)cc1)CO2. The number of hydrogen-bond acceptors (Lipinski definition) is 3. The molecule has 132 valence electrons. The Labute approximate surface area is 151 Å². The van der Waals surface area contributed by atoms with E-state index in [4.69, 9.17) is 4.74 Å². The van der Waals surface area contributed by atoms with Crippen LogP contribution in [0.5, 0.6) is 5.75 Å². The highest BCUT2D eigenvalue weighted by molar-refractivity contribution is 5.47. The van der Waals surface area contributed by atoms with E-state index in [1.54, 1.807) is 0 Å². The molecule has 0 aliphatic carbocycles. The van der Waals surface area contributed by atoms with Crippen LogP contribution in [0.15, 0.2) is 48.5 Å². The standard InChI is InChI=1S/C22H28N2O/c1-4-12-24(13-5-1)21-10-8-18(9-11-21)15-23-16-19-14-20-6-2-3-7-22(20)25-17-19/h2-3,6-11,19,23H,1,4-5,12-17H2. The van der Waals surface area contributed by atoms with Crippen LogP contribution in [0.4, 0.5) is 5.69 Å². The Hall–Kier alpha value is -2.00. The minimum atomic E-state index is 0.558. The third kappa shape index (κ3) is 4.16. The smallest absolute Gasteiger partial charge is 0.122 e. The second-order valence-corrected chi connectivity index (χ2v) is 7.33. The van der Waals surface area contributed by atoms with E-state index in [-0.39, 0.29) is 0 Å². The van der Waals surface area contributed by atoms with Gasteiger partial charge in [0.2, 0.25) is 0 Å². The highest BCUT2D eigenvalue weighted by Gasteiger charge is 2.19. The number of benzene rings is 2. The maximum absolute atomic E-state index is 5.88. The summed E-state index contributed by atoms with van der Waals surface area (Å²) in [5.74, 6) is 1.62. The van der Waals surface area contributed by atoms with Crippen LogP contribution in [0.2, 0.25) is 0 Å². The fourth-order valence-corrected chi connectivity index (χ4v) is 3.92. The van der Waals surface area contributed by atoms with Crippen LogP contribution in [-0.4, -0.2) is 26.2 Å². The average molecular weight is 336 g/mol. The maximum atomic E-state index is 5.88. The van der Waals surface area contributed by atoms with Crippen LogP contribution >= 0.6 is 0 Å². The van der Waals surface area contributed by atoms with Gasteiger partial charge < -0.3 is 15.0 Å². The number of rotatable bonds is 5. The van der Waals surface area contributed by atoms with Crippen LogP contribution in [-0.2, 0) is 13.0 Å². The molecule has 0 amide bonds. The van der Waals surface area contributed by atoms with E-state index in [9.17, 15) is 0 Å². The van der Waals surface area contributed by atoms with Crippen molar-refractivity contribution in [3.8, 4) is 5.75 Å². The lowest BCUT2D eigenvalue weighted by molar-refractivity contribution is 0.218. The summed E-state index contributed by atoms with van der Waals surface area (Å²) in [6.45, 7) is 5.17. The number of hydrogen-bond donors (Lipinski definition) is 1. The molecule has 1 saturated heterocycles. The van der Waals surface area contributed by atoms with E-state index in [0.717, 1.165) is 31.9 Å². The summed E-state index contributed by atoms with van der Waals surface area (Å²) in [5.41, 5.74) is 4.07. The zero-order valence-electron chi connectivity index (χ0n) is 14.9. The lowest BCUT2D eigenvalue weighted by Crippen LogP contribution is -2.31. The molecule has 1 atom stereocenters. The van der Waals surface area contributed by atoms with Gasteiger partial charge in [0.25, 0.3) is 0 Å². The third-order valence-corrected chi connectivity index (χ3v) is 5.38. The van der Waals surface area contributed by atoms with Crippen LogP contribution in [0.25, 0.3) is 0 Å². The molecule has 2 aliphatic rings. The Morgan fingerprint density at radius 2 is 1.76 bits per heavy atom. The first-order chi connectivity index (χ1) is 12.4. The van der Waals surface area contributed by atoms with Gasteiger partial charge in [-0.15, -0.1) is 0 Å². The first-order valence-electron chi connectivity index (χ1n) is 9.64. The Bertz CT molecular complexity index is 677. The minimum Gasteiger partial charge on any atom is -0.493 e. The number of anilines is 1. The molecule has 25 heavy (non-hydrogen) atoms. The van der Waals surface area contributed by atoms with Crippen molar-refractivity contribution in [2.24, 2.45) is 5.92 Å². The monoisotopic (exact) mass is 336 g/mol. The Balaban J connectivity index is 1.25. The molecule has 1 fully saturated rings. The van der Waals surface area contributed by atoms with Gasteiger partial charge in [0.15, 0.2) is 0 Å². The quantitative estimate of drug-likeness (QED) is 0.892. The summed E-state index contributed by atoms with van der Waals surface area (Å²) < 4.78 is 5.88. The summed E-state index contributed by atoms with van der Waals surface area (Å²) >= 11 is 0. The van der Waals surface area contributed by atoms with Gasteiger partial charge in [-0.25, -0.2) is 0 Å². The topological polar surface area (TPSA) is 24.5 Å². The van der Waals surface area contributed by atoms with E-state index >= 15 is 0 Å². The highest BCUT2D eigenvalue weighted by atomic mass is 16.5. The van der Waals surface area contributed by atoms with Gasteiger partial charge in [-0.3, -0.25) is 0 Å². The number of nitrogens with zero attached hydrogens (tertiary/aromatic N) is 1. The molecule has 2 heterocycles. The molecule has 3 nitrogen and oxygen atoms in total. The molecule has 2 aromatic carbocycles. The van der Waals surface area contributed by atoms with Crippen LogP contribution < -0.4 is 15.0 Å². The number of nitrogens with one attached hydrogen (secondary N) is 1. The summed E-state index contributed by atoms with van der Waals surface area (Å²) in [5, 5.41) is 3.61. The zero-order chi connectivity index (χ0) is 16.9. The van der Waals surface area contributed by atoms with E-state index < -0.39 is 0 Å². The maximum Gasteiger partial charge on any atom is 0.122 e. The molecule has 2 aliphatic heterocycles. The van der Waals surface area contributed by atoms with Gasteiger partial charge >= 0.3 is 0 Å². The van der Waals surface area contributed by atoms with Gasteiger partial charge in [0.1, 0.15) is 5.75 Å². The van der Waals surface area contributed by atoms with E-state index in [1.807, 2.05) is 6.07 Å². The molecule has 0 bridgehead atoms. The summed E-state index contributed by atoms with van der Waals surface area (Å²) in [4.78, 5) is 2.51. The molecule has 3 heteroatoms. The predicted octanol–water partition coefficient (Wildman–Crippen LogP) is 4.02. The molecule has 0 spiro atoms. The average Bonchev–Trinajstić information content (AvgIpc) is 2.69. The molecule has 0 saturated carbocycles. The first kappa shape index (κ1) is 16.5. The third-order valence-electron chi connectivity index (χ3n) is 5.38. The molecular formula is C22H28N2O. The lowest BCUT2D eigenvalue weighted by Gasteiger charge is -2.29. The lowest BCUT2D eigenvalue weighted by atomic mass is 9.97. The normalized spacial score (nSPS) is 20.0. The first-order valence-corrected chi connectivity index (χ1v) is 9.64. The van der Waals surface area contributed by atoms with Crippen LogP contribution in [0, 0.1) is 5.92 Å². The Morgan fingerprint density at radius 3 is 2.60 bits per heavy atom. The largest absolute Gasteiger partial charge is 0.493 e. The second kappa shape index (κ2) is 7.92. The number of para-hydroxylation sites is 1. The van der Waals surface area contributed by atoms with Crippen molar-refractivity contribution in [2.45, 2.75) is 32.2 Å². The van der Waals surface area contributed by atoms with E-state index in [0.29, 0.717) is 5.92 Å². The summed E-state index contributed by atoms with van der Waals surface area (Å²) in [7, 11) is 0. The number of ether oxygens (including phenoxy) is 1. The Kier molecular flexibility index (Phi) is 5.22. The van der Waals surface area contributed by atoms with Gasteiger partial charge in [-0.05, 0) is 55.0 Å².